The Hall–Kier alpha value is -2.95. The van der Waals surface area contributed by atoms with E-state index in [-0.39, 0.29) is 18.1 Å². The number of carbonyl (C=O) groups excluding carboxylic acids is 2. The van der Waals surface area contributed by atoms with E-state index < -0.39 is 0 Å². The Kier molecular flexibility index (Phi) is 4.89. The molecule has 0 aliphatic rings. The molecule has 134 valence electrons. The van der Waals surface area contributed by atoms with Gasteiger partial charge in [-0.2, -0.15) is 0 Å². The number of anilines is 1. The van der Waals surface area contributed by atoms with Crippen LogP contribution in [0.1, 0.15) is 48.6 Å². The van der Waals surface area contributed by atoms with Gasteiger partial charge >= 0.3 is 0 Å². The van der Waals surface area contributed by atoms with Crippen LogP contribution in [-0.2, 0) is 11.2 Å². The molecule has 26 heavy (non-hydrogen) atoms. The SMILES string of the molecule is CC(=O)c1ccc(NC(=O)Cc2ccc3c(c2)nc(C)n3C(C)C)cc1. The van der Waals surface area contributed by atoms with Crippen LogP contribution in [0.4, 0.5) is 5.69 Å². The van der Waals surface area contributed by atoms with Crippen molar-refractivity contribution in [1.82, 2.24) is 9.55 Å². The summed E-state index contributed by atoms with van der Waals surface area (Å²) in [5.41, 5.74) is 4.23. The normalized spacial score (nSPS) is 11.1. The molecule has 2 aromatic carbocycles. The summed E-state index contributed by atoms with van der Waals surface area (Å²) >= 11 is 0. The number of imidazole rings is 1. The molecule has 0 saturated carbocycles. The van der Waals surface area contributed by atoms with E-state index in [1.165, 1.54) is 6.92 Å². The Morgan fingerprint density at radius 3 is 2.42 bits per heavy atom. The van der Waals surface area contributed by atoms with Gasteiger partial charge in [-0.05, 0) is 69.7 Å². The number of Topliss-reactive ketones (excluding diaryl/α,β-unsaturated/α-hetero) is 1. The first-order valence-corrected chi connectivity index (χ1v) is 8.73. The largest absolute Gasteiger partial charge is 0.326 e. The summed E-state index contributed by atoms with van der Waals surface area (Å²) in [5, 5.41) is 2.86. The lowest BCUT2D eigenvalue weighted by molar-refractivity contribution is -0.115. The molecule has 0 fully saturated rings. The maximum Gasteiger partial charge on any atom is 0.228 e. The topological polar surface area (TPSA) is 64.0 Å². The quantitative estimate of drug-likeness (QED) is 0.698. The monoisotopic (exact) mass is 349 g/mol. The predicted molar refractivity (Wildman–Crippen MR) is 104 cm³/mol. The van der Waals surface area contributed by atoms with Gasteiger partial charge in [-0.1, -0.05) is 6.07 Å². The van der Waals surface area contributed by atoms with Crippen LogP contribution in [0.2, 0.25) is 0 Å². The van der Waals surface area contributed by atoms with Gasteiger partial charge in [0.2, 0.25) is 5.91 Å². The van der Waals surface area contributed by atoms with Crippen LogP contribution >= 0.6 is 0 Å². The lowest BCUT2D eigenvalue weighted by Crippen LogP contribution is -2.14. The van der Waals surface area contributed by atoms with E-state index in [1.807, 2.05) is 25.1 Å². The fourth-order valence-electron chi connectivity index (χ4n) is 3.21. The molecule has 1 heterocycles. The molecule has 1 N–H and O–H groups in total. The summed E-state index contributed by atoms with van der Waals surface area (Å²) in [7, 11) is 0. The Bertz CT molecular complexity index is 969. The van der Waals surface area contributed by atoms with E-state index in [4.69, 9.17) is 0 Å². The highest BCUT2D eigenvalue weighted by Crippen LogP contribution is 2.22. The maximum absolute atomic E-state index is 12.3. The minimum Gasteiger partial charge on any atom is -0.326 e. The molecule has 0 spiro atoms. The third-order valence-electron chi connectivity index (χ3n) is 4.39. The first-order chi connectivity index (χ1) is 12.3. The van der Waals surface area contributed by atoms with E-state index in [2.05, 4.69) is 28.7 Å². The predicted octanol–water partition coefficient (Wildman–Crippen LogP) is 4.31. The van der Waals surface area contributed by atoms with Crippen molar-refractivity contribution < 1.29 is 9.59 Å². The standard InChI is InChI=1S/C21H23N3O2/c1-13(2)24-15(4)22-19-11-16(5-10-20(19)24)12-21(26)23-18-8-6-17(7-9-18)14(3)25/h5-11,13H,12H2,1-4H3,(H,23,26). The van der Waals surface area contributed by atoms with Crippen molar-refractivity contribution in [3.63, 3.8) is 0 Å². The van der Waals surface area contributed by atoms with Gasteiger partial charge in [-0.3, -0.25) is 9.59 Å². The highest BCUT2D eigenvalue weighted by molar-refractivity contribution is 5.96. The number of nitrogens with zero attached hydrogens (tertiary/aromatic N) is 2. The number of hydrogen-bond donors (Lipinski definition) is 1. The smallest absolute Gasteiger partial charge is 0.228 e. The Morgan fingerprint density at radius 2 is 1.81 bits per heavy atom. The number of ketones is 1. The van der Waals surface area contributed by atoms with Gasteiger partial charge in [0.15, 0.2) is 5.78 Å². The average Bonchev–Trinajstić information content (AvgIpc) is 2.90. The van der Waals surface area contributed by atoms with E-state index in [0.717, 1.165) is 22.4 Å². The molecule has 5 heteroatoms. The number of benzene rings is 2. The first-order valence-electron chi connectivity index (χ1n) is 8.73. The highest BCUT2D eigenvalue weighted by atomic mass is 16.1. The number of fused-ring (bicyclic) bond motifs is 1. The molecule has 0 aliphatic heterocycles. The number of carbonyl (C=O) groups is 2. The van der Waals surface area contributed by atoms with E-state index in [0.29, 0.717) is 17.3 Å². The van der Waals surface area contributed by atoms with Crippen molar-refractivity contribution in [1.29, 1.82) is 0 Å². The van der Waals surface area contributed by atoms with Gasteiger partial charge < -0.3 is 9.88 Å². The summed E-state index contributed by atoms with van der Waals surface area (Å²) in [6.45, 7) is 7.78. The van der Waals surface area contributed by atoms with Crippen LogP contribution in [0.15, 0.2) is 42.5 Å². The summed E-state index contributed by atoms with van der Waals surface area (Å²) in [5.74, 6) is 0.884. The maximum atomic E-state index is 12.3. The molecular formula is C21H23N3O2. The van der Waals surface area contributed by atoms with Crippen LogP contribution in [0, 0.1) is 6.92 Å². The van der Waals surface area contributed by atoms with Crippen molar-refractivity contribution in [3.8, 4) is 0 Å². The average molecular weight is 349 g/mol. The van der Waals surface area contributed by atoms with Crippen molar-refractivity contribution in [2.45, 2.75) is 40.2 Å². The molecule has 5 nitrogen and oxygen atoms in total. The molecule has 1 aromatic heterocycles. The lowest BCUT2D eigenvalue weighted by atomic mass is 10.1. The Labute approximate surface area is 153 Å². The summed E-state index contributed by atoms with van der Waals surface area (Å²) in [6.07, 6.45) is 0.276. The van der Waals surface area contributed by atoms with E-state index in [9.17, 15) is 9.59 Å². The summed E-state index contributed by atoms with van der Waals surface area (Å²) in [6, 6.07) is 13.2. The van der Waals surface area contributed by atoms with Crippen LogP contribution in [0.5, 0.6) is 0 Å². The number of aryl methyl sites for hydroxylation is 1. The minimum absolute atomic E-state index is 0.00677. The van der Waals surface area contributed by atoms with Gasteiger partial charge in [0.05, 0.1) is 17.5 Å². The number of rotatable bonds is 5. The summed E-state index contributed by atoms with van der Waals surface area (Å²) < 4.78 is 2.19. The van der Waals surface area contributed by atoms with Crippen molar-refractivity contribution in [3.05, 3.63) is 59.4 Å². The van der Waals surface area contributed by atoms with Crippen LogP contribution in [-0.4, -0.2) is 21.2 Å². The number of nitrogens with one attached hydrogen (secondary N) is 1. The molecular weight excluding hydrogens is 326 g/mol. The van der Waals surface area contributed by atoms with Crippen molar-refractivity contribution >= 4 is 28.4 Å². The molecule has 0 bridgehead atoms. The van der Waals surface area contributed by atoms with Crippen LogP contribution in [0.25, 0.3) is 11.0 Å². The van der Waals surface area contributed by atoms with Gasteiger partial charge in [0.25, 0.3) is 0 Å². The molecule has 0 radical (unpaired) electrons. The minimum atomic E-state index is -0.0973. The van der Waals surface area contributed by atoms with Gasteiger partial charge in [-0.15, -0.1) is 0 Å². The van der Waals surface area contributed by atoms with Gasteiger partial charge in [0.1, 0.15) is 5.82 Å². The van der Waals surface area contributed by atoms with Crippen molar-refractivity contribution in [2.75, 3.05) is 5.32 Å². The third kappa shape index (κ3) is 3.67. The molecule has 0 unspecified atom stereocenters. The fourth-order valence-corrected chi connectivity index (χ4v) is 3.21. The Balaban J connectivity index is 1.74. The highest BCUT2D eigenvalue weighted by Gasteiger charge is 2.12. The molecule has 1 amide bonds. The number of aromatic nitrogens is 2. The second kappa shape index (κ2) is 7.12. The number of amides is 1. The first kappa shape index (κ1) is 17.9. The second-order valence-electron chi connectivity index (χ2n) is 6.80. The molecule has 3 rings (SSSR count). The lowest BCUT2D eigenvalue weighted by Gasteiger charge is -2.11. The van der Waals surface area contributed by atoms with Gasteiger partial charge in [0, 0.05) is 17.3 Å². The zero-order chi connectivity index (χ0) is 18.8. The van der Waals surface area contributed by atoms with Crippen LogP contribution in [0.3, 0.4) is 0 Å². The van der Waals surface area contributed by atoms with E-state index in [1.54, 1.807) is 24.3 Å². The van der Waals surface area contributed by atoms with Crippen LogP contribution < -0.4 is 5.32 Å². The summed E-state index contributed by atoms with van der Waals surface area (Å²) in [4.78, 5) is 28.2. The zero-order valence-corrected chi connectivity index (χ0v) is 15.5. The molecule has 3 aromatic rings. The third-order valence-corrected chi connectivity index (χ3v) is 4.39. The van der Waals surface area contributed by atoms with Gasteiger partial charge in [-0.25, -0.2) is 4.98 Å². The Morgan fingerprint density at radius 1 is 1.12 bits per heavy atom. The van der Waals surface area contributed by atoms with E-state index >= 15 is 0 Å². The molecule has 0 aliphatic carbocycles. The molecule has 0 atom stereocenters. The van der Waals surface area contributed by atoms with Crippen molar-refractivity contribution in [2.24, 2.45) is 0 Å². The fraction of sp³-hybridized carbons (Fsp3) is 0.286. The molecule has 0 saturated heterocycles. The number of hydrogen-bond acceptors (Lipinski definition) is 3. The zero-order valence-electron chi connectivity index (χ0n) is 15.5. The second-order valence-corrected chi connectivity index (χ2v) is 6.80.